The number of anilines is 2. The summed E-state index contributed by atoms with van der Waals surface area (Å²) in [5.74, 6) is 0.0172. The number of amides is 3. The van der Waals surface area contributed by atoms with Crippen molar-refractivity contribution in [2.45, 2.75) is 71.9 Å². The molecule has 4 rings (SSSR count). The van der Waals surface area contributed by atoms with Gasteiger partial charge in [0.05, 0.1) is 0 Å². The Morgan fingerprint density at radius 2 is 1.80 bits per heavy atom. The van der Waals surface area contributed by atoms with E-state index >= 15 is 0 Å². The molecule has 1 aromatic rings. The van der Waals surface area contributed by atoms with Crippen LogP contribution >= 0.6 is 0 Å². The number of piperidine rings is 1. The Hall–Kier alpha value is -2.77. The molecule has 8 heteroatoms. The molecule has 35 heavy (non-hydrogen) atoms. The Morgan fingerprint density at radius 1 is 1.11 bits per heavy atom. The van der Waals surface area contributed by atoms with Gasteiger partial charge in [-0.2, -0.15) is 0 Å². The molecule has 2 fully saturated rings. The largest absolute Gasteiger partial charge is 0.443 e. The molecule has 0 radical (unpaired) electrons. The van der Waals surface area contributed by atoms with E-state index in [1.54, 1.807) is 4.90 Å². The maximum atomic E-state index is 12.7. The van der Waals surface area contributed by atoms with Crippen molar-refractivity contribution in [1.29, 1.82) is 0 Å². The lowest BCUT2D eigenvalue weighted by molar-refractivity contribution is -0.134. The van der Waals surface area contributed by atoms with Gasteiger partial charge in [0.1, 0.15) is 11.6 Å². The number of carbonyl (C=O) groups excluding carboxylic acids is 3. The van der Waals surface area contributed by atoms with E-state index in [1.165, 1.54) is 11.3 Å². The van der Waals surface area contributed by atoms with Crippen LogP contribution in [0.3, 0.4) is 0 Å². The number of hydrogen-bond acceptors (Lipinski definition) is 6. The van der Waals surface area contributed by atoms with Crippen molar-refractivity contribution in [3.63, 3.8) is 0 Å². The SMILES string of the molecule is CN(CC1CN(c2cccc3c2CCN3C2CCC(=O)NC2=O)C1)C(=O)OC(C)(C)CC(C)(C)C. The van der Waals surface area contributed by atoms with E-state index in [2.05, 4.69) is 48.0 Å². The highest BCUT2D eigenvalue weighted by Gasteiger charge is 2.38. The molecule has 1 unspecified atom stereocenters. The van der Waals surface area contributed by atoms with Crippen LogP contribution in [0.25, 0.3) is 0 Å². The monoisotopic (exact) mass is 484 g/mol. The summed E-state index contributed by atoms with van der Waals surface area (Å²) >= 11 is 0. The van der Waals surface area contributed by atoms with Crippen molar-refractivity contribution in [3.05, 3.63) is 23.8 Å². The van der Waals surface area contributed by atoms with Gasteiger partial charge in [-0.1, -0.05) is 26.8 Å². The Balaban J connectivity index is 1.33. The van der Waals surface area contributed by atoms with Crippen LogP contribution < -0.4 is 15.1 Å². The van der Waals surface area contributed by atoms with Crippen LogP contribution in [0.4, 0.5) is 16.2 Å². The Bertz CT molecular complexity index is 993. The zero-order chi connectivity index (χ0) is 25.5. The van der Waals surface area contributed by atoms with E-state index in [4.69, 9.17) is 4.74 Å². The molecule has 3 amide bonds. The summed E-state index contributed by atoms with van der Waals surface area (Å²) < 4.78 is 5.82. The summed E-state index contributed by atoms with van der Waals surface area (Å²) in [5, 5.41) is 2.48. The Morgan fingerprint density at radius 3 is 2.46 bits per heavy atom. The Kier molecular flexibility index (Phi) is 6.77. The normalized spacial score (nSPS) is 20.9. The molecule has 3 heterocycles. The lowest BCUT2D eigenvalue weighted by atomic mass is 9.84. The smallest absolute Gasteiger partial charge is 0.410 e. The standard InChI is InChI=1S/C27H40N4O4/c1-26(2,3)17-27(4,5)35-25(34)29(6)14-18-15-30(16-18)20-8-7-9-21-19(20)12-13-31(21)22-10-11-23(32)28-24(22)33/h7-9,18,22H,10-17H2,1-6H3,(H,28,32,33). The second kappa shape index (κ2) is 9.36. The number of nitrogens with zero attached hydrogens (tertiary/aromatic N) is 3. The zero-order valence-electron chi connectivity index (χ0n) is 22.0. The zero-order valence-corrected chi connectivity index (χ0v) is 22.0. The van der Waals surface area contributed by atoms with Gasteiger partial charge in [-0.25, -0.2) is 4.79 Å². The molecule has 1 N–H and O–H groups in total. The number of carbonyl (C=O) groups is 3. The fraction of sp³-hybridized carbons (Fsp3) is 0.667. The summed E-state index contributed by atoms with van der Waals surface area (Å²) in [6, 6.07) is 5.99. The molecule has 0 aliphatic carbocycles. The predicted molar refractivity (Wildman–Crippen MR) is 137 cm³/mol. The van der Waals surface area contributed by atoms with Crippen molar-refractivity contribution in [1.82, 2.24) is 10.2 Å². The first-order valence-electron chi connectivity index (χ1n) is 12.7. The van der Waals surface area contributed by atoms with Gasteiger partial charge in [-0.15, -0.1) is 0 Å². The van der Waals surface area contributed by atoms with Crippen molar-refractivity contribution in [2.24, 2.45) is 11.3 Å². The molecule has 3 aliphatic heterocycles. The number of benzene rings is 1. The minimum Gasteiger partial charge on any atom is -0.443 e. The minimum absolute atomic E-state index is 0.0839. The maximum absolute atomic E-state index is 12.7. The van der Waals surface area contributed by atoms with Crippen molar-refractivity contribution >= 4 is 29.3 Å². The van der Waals surface area contributed by atoms with Gasteiger partial charge < -0.3 is 19.4 Å². The third-order valence-electron chi connectivity index (χ3n) is 7.09. The number of rotatable bonds is 6. The Labute approximate surface area is 209 Å². The van der Waals surface area contributed by atoms with Gasteiger partial charge >= 0.3 is 6.09 Å². The van der Waals surface area contributed by atoms with E-state index in [9.17, 15) is 14.4 Å². The topological polar surface area (TPSA) is 82.2 Å². The van der Waals surface area contributed by atoms with Gasteiger partial charge in [0, 0.05) is 62.5 Å². The second-order valence-corrected chi connectivity index (χ2v) is 12.2. The van der Waals surface area contributed by atoms with Crippen molar-refractivity contribution in [3.8, 4) is 0 Å². The molecule has 1 aromatic carbocycles. The number of ether oxygens (including phenoxy) is 1. The van der Waals surface area contributed by atoms with Crippen LogP contribution in [0.15, 0.2) is 18.2 Å². The maximum Gasteiger partial charge on any atom is 0.410 e. The first-order chi connectivity index (χ1) is 16.3. The summed E-state index contributed by atoms with van der Waals surface area (Å²) in [4.78, 5) is 42.9. The van der Waals surface area contributed by atoms with Crippen LogP contribution in [0.2, 0.25) is 0 Å². The molecular formula is C27H40N4O4. The minimum atomic E-state index is -0.506. The fourth-order valence-corrected chi connectivity index (χ4v) is 6.01. The average molecular weight is 485 g/mol. The molecular weight excluding hydrogens is 444 g/mol. The summed E-state index contributed by atoms with van der Waals surface area (Å²) in [7, 11) is 1.82. The van der Waals surface area contributed by atoms with Crippen LogP contribution in [-0.2, 0) is 20.7 Å². The number of fused-ring (bicyclic) bond motifs is 1. The molecule has 3 aliphatic rings. The van der Waals surface area contributed by atoms with Gasteiger partial charge in [0.2, 0.25) is 11.8 Å². The lowest BCUT2D eigenvalue weighted by Crippen LogP contribution is -2.52. The lowest BCUT2D eigenvalue weighted by Gasteiger charge is -2.43. The quantitative estimate of drug-likeness (QED) is 0.622. The molecule has 0 bridgehead atoms. The highest BCUT2D eigenvalue weighted by atomic mass is 16.6. The van der Waals surface area contributed by atoms with Gasteiger partial charge in [0.15, 0.2) is 0 Å². The molecule has 2 saturated heterocycles. The van der Waals surface area contributed by atoms with Crippen molar-refractivity contribution < 1.29 is 19.1 Å². The van der Waals surface area contributed by atoms with Crippen LogP contribution in [0, 0.1) is 11.3 Å². The van der Waals surface area contributed by atoms with Crippen LogP contribution in [-0.4, -0.2) is 67.7 Å². The third kappa shape index (κ3) is 5.73. The first kappa shape index (κ1) is 25.3. The van der Waals surface area contributed by atoms with E-state index in [-0.39, 0.29) is 29.4 Å². The van der Waals surface area contributed by atoms with E-state index < -0.39 is 5.60 Å². The number of nitrogens with one attached hydrogen (secondary N) is 1. The number of imide groups is 1. The predicted octanol–water partition coefficient (Wildman–Crippen LogP) is 3.57. The van der Waals surface area contributed by atoms with Crippen LogP contribution in [0.1, 0.15) is 59.4 Å². The van der Waals surface area contributed by atoms with Crippen LogP contribution in [0.5, 0.6) is 0 Å². The van der Waals surface area contributed by atoms with E-state index in [0.29, 0.717) is 25.3 Å². The fourth-order valence-electron chi connectivity index (χ4n) is 6.01. The van der Waals surface area contributed by atoms with E-state index in [0.717, 1.165) is 38.2 Å². The molecule has 0 saturated carbocycles. The third-order valence-corrected chi connectivity index (χ3v) is 7.09. The van der Waals surface area contributed by atoms with Gasteiger partial charge in [-0.3, -0.25) is 14.9 Å². The number of hydrogen-bond donors (Lipinski definition) is 1. The summed E-state index contributed by atoms with van der Waals surface area (Å²) in [6.45, 7) is 13.6. The molecule has 0 aromatic heterocycles. The van der Waals surface area contributed by atoms with E-state index in [1.807, 2.05) is 27.0 Å². The highest BCUT2D eigenvalue weighted by molar-refractivity contribution is 6.02. The molecule has 0 spiro atoms. The van der Waals surface area contributed by atoms with Gasteiger partial charge in [-0.05, 0) is 50.7 Å². The van der Waals surface area contributed by atoms with Gasteiger partial charge in [0.25, 0.3) is 0 Å². The second-order valence-electron chi connectivity index (χ2n) is 12.2. The molecule has 8 nitrogen and oxygen atoms in total. The highest BCUT2D eigenvalue weighted by Crippen LogP contribution is 2.40. The van der Waals surface area contributed by atoms with Crippen molar-refractivity contribution in [2.75, 3.05) is 43.0 Å². The summed E-state index contributed by atoms with van der Waals surface area (Å²) in [6.07, 6.45) is 2.37. The molecule has 1 atom stereocenters. The molecule has 192 valence electrons. The first-order valence-corrected chi connectivity index (χ1v) is 12.7. The summed E-state index contributed by atoms with van der Waals surface area (Å²) in [5.41, 5.74) is 3.16. The average Bonchev–Trinajstić information content (AvgIpc) is 3.12.